The van der Waals surface area contributed by atoms with Crippen molar-refractivity contribution in [2.45, 2.75) is 46.5 Å². The highest BCUT2D eigenvalue weighted by molar-refractivity contribution is 6.31. The lowest BCUT2D eigenvalue weighted by atomic mass is 10.2. The van der Waals surface area contributed by atoms with Gasteiger partial charge >= 0.3 is 0 Å². The highest BCUT2D eigenvalue weighted by Gasteiger charge is 2.13. The van der Waals surface area contributed by atoms with Crippen LogP contribution in [0.5, 0.6) is 0 Å². The van der Waals surface area contributed by atoms with Crippen LogP contribution in [0.25, 0.3) is 0 Å². The van der Waals surface area contributed by atoms with Gasteiger partial charge in [-0.2, -0.15) is 5.26 Å². The van der Waals surface area contributed by atoms with Crippen molar-refractivity contribution in [3.63, 3.8) is 0 Å². The Hall–Kier alpha value is -1.99. The van der Waals surface area contributed by atoms with Gasteiger partial charge in [0.1, 0.15) is 11.6 Å². The molecule has 0 heterocycles. The second kappa shape index (κ2) is 10.7. The van der Waals surface area contributed by atoms with Crippen molar-refractivity contribution < 1.29 is 4.79 Å². The van der Waals surface area contributed by atoms with Crippen LogP contribution in [0.2, 0.25) is 5.02 Å². The number of nitrogens with one attached hydrogen (secondary N) is 1. The van der Waals surface area contributed by atoms with E-state index in [4.69, 9.17) is 11.6 Å². The number of unbranched alkanes of at least 4 members (excludes halogenated alkanes) is 2. The molecule has 1 rings (SSSR count). The van der Waals surface area contributed by atoms with E-state index >= 15 is 0 Å². The molecule has 1 amide bonds. The molecule has 130 valence electrons. The molecule has 4 nitrogen and oxygen atoms in total. The lowest BCUT2D eigenvalue weighted by molar-refractivity contribution is -0.112. The number of amides is 1. The van der Waals surface area contributed by atoms with Crippen molar-refractivity contribution in [1.82, 2.24) is 4.90 Å². The zero-order valence-corrected chi connectivity index (χ0v) is 15.5. The summed E-state index contributed by atoms with van der Waals surface area (Å²) in [6, 6.07) is 7.33. The smallest absolute Gasteiger partial charge is 0.267 e. The summed E-state index contributed by atoms with van der Waals surface area (Å²) in [4.78, 5) is 14.5. The summed E-state index contributed by atoms with van der Waals surface area (Å²) in [6.45, 7) is 7.79. The van der Waals surface area contributed by atoms with Crippen molar-refractivity contribution in [3.05, 3.63) is 40.6 Å². The van der Waals surface area contributed by atoms with E-state index in [1.807, 2.05) is 13.0 Å². The first kappa shape index (κ1) is 20.1. The fourth-order valence-electron chi connectivity index (χ4n) is 2.22. The second-order valence-electron chi connectivity index (χ2n) is 5.76. The summed E-state index contributed by atoms with van der Waals surface area (Å²) in [5.74, 6) is -0.402. The van der Waals surface area contributed by atoms with E-state index in [1.165, 1.54) is 0 Å². The molecule has 24 heavy (non-hydrogen) atoms. The Morgan fingerprint density at radius 1 is 1.29 bits per heavy atom. The Balaban J connectivity index is 2.89. The SMILES string of the molecule is CCCCN(/C=C(/C#N)C(=O)Nc1cccc(Cl)c1C)CCCC. The van der Waals surface area contributed by atoms with Crippen molar-refractivity contribution >= 4 is 23.2 Å². The molecule has 1 N–H and O–H groups in total. The van der Waals surface area contributed by atoms with E-state index in [0.29, 0.717) is 10.7 Å². The molecular formula is C19H26ClN3O. The van der Waals surface area contributed by atoms with Gasteiger partial charge in [0, 0.05) is 30.0 Å². The number of hydrogen-bond acceptors (Lipinski definition) is 3. The molecular weight excluding hydrogens is 322 g/mol. The molecule has 0 aliphatic heterocycles. The van der Waals surface area contributed by atoms with E-state index < -0.39 is 5.91 Å². The molecule has 0 aliphatic rings. The van der Waals surface area contributed by atoms with Crippen LogP contribution in [0.3, 0.4) is 0 Å². The van der Waals surface area contributed by atoms with Gasteiger partial charge in [-0.25, -0.2) is 0 Å². The van der Waals surface area contributed by atoms with Gasteiger partial charge in [-0.15, -0.1) is 0 Å². The standard InChI is InChI=1S/C19H26ClN3O/c1-4-6-11-23(12-7-5-2)14-16(13-21)19(24)22-18-10-8-9-17(20)15(18)3/h8-10,14H,4-7,11-12H2,1-3H3,(H,22,24)/b16-14-. The van der Waals surface area contributed by atoms with Crippen LogP contribution in [-0.2, 0) is 4.79 Å². The number of halogens is 1. The van der Waals surface area contributed by atoms with Gasteiger partial charge in [0.15, 0.2) is 0 Å². The monoisotopic (exact) mass is 347 g/mol. The molecule has 1 aromatic rings. The van der Waals surface area contributed by atoms with Crippen molar-refractivity contribution in [2.75, 3.05) is 18.4 Å². The van der Waals surface area contributed by atoms with Gasteiger partial charge in [0.2, 0.25) is 0 Å². The molecule has 0 unspecified atom stereocenters. The summed E-state index contributed by atoms with van der Waals surface area (Å²) in [5.41, 5.74) is 1.53. The first-order valence-electron chi connectivity index (χ1n) is 8.45. The number of carbonyl (C=O) groups excluding carboxylic acids is 1. The van der Waals surface area contributed by atoms with Gasteiger partial charge in [-0.1, -0.05) is 44.4 Å². The Morgan fingerprint density at radius 3 is 2.46 bits per heavy atom. The third-order valence-corrected chi connectivity index (χ3v) is 4.20. The van der Waals surface area contributed by atoms with Crippen LogP contribution < -0.4 is 5.32 Å². The van der Waals surface area contributed by atoms with Crippen LogP contribution >= 0.6 is 11.6 Å². The zero-order chi connectivity index (χ0) is 17.9. The summed E-state index contributed by atoms with van der Waals surface area (Å²) < 4.78 is 0. The number of anilines is 1. The van der Waals surface area contributed by atoms with E-state index in [2.05, 4.69) is 24.1 Å². The maximum atomic E-state index is 12.4. The first-order valence-corrected chi connectivity index (χ1v) is 8.83. The van der Waals surface area contributed by atoms with Crippen LogP contribution in [0.4, 0.5) is 5.69 Å². The number of hydrogen-bond donors (Lipinski definition) is 1. The predicted octanol–water partition coefficient (Wildman–Crippen LogP) is 4.90. The van der Waals surface area contributed by atoms with Crippen LogP contribution in [0.1, 0.15) is 45.1 Å². The Labute approximate surface area is 150 Å². The number of rotatable bonds is 9. The average molecular weight is 348 g/mol. The predicted molar refractivity (Wildman–Crippen MR) is 99.9 cm³/mol. The van der Waals surface area contributed by atoms with Crippen molar-refractivity contribution in [2.24, 2.45) is 0 Å². The molecule has 0 saturated carbocycles. The molecule has 0 radical (unpaired) electrons. The fraction of sp³-hybridized carbons (Fsp3) is 0.474. The average Bonchev–Trinajstić information content (AvgIpc) is 2.58. The van der Waals surface area contributed by atoms with E-state index in [0.717, 1.165) is 44.3 Å². The Kier molecular flexibility index (Phi) is 8.96. The number of benzene rings is 1. The molecule has 0 spiro atoms. The van der Waals surface area contributed by atoms with Crippen molar-refractivity contribution in [3.8, 4) is 6.07 Å². The maximum Gasteiger partial charge on any atom is 0.267 e. The van der Waals surface area contributed by atoms with Gasteiger partial charge in [-0.3, -0.25) is 4.79 Å². The van der Waals surface area contributed by atoms with Gasteiger partial charge in [0.05, 0.1) is 0 Å². The van der Waals surface area contributed by atoms with Gasteiger partial charge < -0.3 is 10.2 Å². The maximum absolute atomic E-state index is 12.4. The molecule has 0 atom stereocenters. The van der Waals surface area contributed by atoms with Crippen LogP contribution in [0, 0.1) is 18.3 Å². The Bertz CT molecular complexity index is 612. The first-order chi connectivity index (χ1) is 11.5. The van der Waals surface area contributed by atoms with Gasteiger partial charge in [-0.05, 0) is 37.5 Å². The lowest BCUT2D eigenvalue weighted by Gasteiger charge is -2.20. The normalized spacial score (nSPS) is 11.0. The van der Waals surface area contributed by atoms with Crippen molar-refractivity contribution in [1.29, 1.82) is 5.26 Å². The number of nitriles is 1. The van der Waals surface area contributed by atoms with Crippen LogP contribution in [0.15, 0.2) is 30.0 Å². The summed E-state index contributed by atoms with van der Waals surface area (Å²) in [5, 5.41) is 12.7. The topological polar surface area (TPSA) is 56.1 Å². The minimum absolute atomic E-state index is 0.113. The quantitative estimate of drug-likeness (QED) is 0.510. The van der Waals surface area contributed by atoms with Gasteiger partial charge in [0.25, 0.3) is 5.91 Å². The molecule has 0 fully saturated rings. The molecule has 0 bridgehead atoms. The molecule has 0 aromatic heterocycles. The minimum atomic E-state index is -0.402. The highest BCUT2D eigenvalue weighted by Crippen LogP contribution is 2.23. The molecule has 0 saturated heterocycles. The van der Waals surface area contributed by atoms with E-state index in [1.54, 1.807) is 24.4 Å². The zero-order valence-electron chi connectivity index (χ0n) is 14.7. The summed E-state index contributed by atoms with van der Waals surface area (Å²) in [7, 11) is 0. The highest BCUT2D eigenvalue weighted by atomic mass is 35.5. The second-order valence-corrected chi connectivity index (χ2v) is 6.17. The number of nitrogens with zero attached hydrogens (tertiary/aromatic N) is 2. The molecule has 0 aliphatic carbocycles. The molecule has 5 heteroatoms. The summed E-state index contributed by atoms with van der Waals surface area (Å²) in [6.07, 6.45) is 5.90. The van der Waals surface area contributed by atoms with E-state index in [9.17, 15) is 10.1 Å². The molecule has 1 aromatic carbocycles. The number of carbonyl (C=O) groups is 1. The minimum Gasteiger partial charge on any atom is -0.376 e. The fourth-order valence-corrected chi connectivity index (χ4v) is 2.39. The largest absolute Gasteiger partial charge is 0.376 e. The third kappa shape index (κ3) is 6.25. The lowest BCUT2D eigenvalue weighted by Crippen LogP contribution is -2.23. The summed E-state index contributed by atoms with van der Waals surface area (Å²) >= 11 is 6.07. The third-order valence-electron chi connectivity index (χ3n) is 3.79. The van der Waals surface area contributed by atoms with Crippen LogP contribution in [-0.4, -0.2) is 23.9 Å². The van der Waals surface area contributed by atoms with E-state index in [-0.39, 0.29) is 5.57 Å². The Morgan fingerprint density at radius 2 is 1.92 bits per heavy atom.